The number of benzene rings is 2. The van der Waals surface area contributed by atoms with Gasteiger partial charge in [0.15, 0.2) is 0 Å². The van der Waals surface area contributed by atoms with Crippen LogP contribution in [0.2, 0.25) is 0 Å². The van der Waals surface area contributed by atoms with Gasteiger partial charge < -0.3 is 19.3 Å². The first-order chi connectivity index (χ1) is 16.0. The molecule has 7 nitrogen and oxygen atoms in total. The Bertz CT molecular complexity index is 1020. The van der Waals surface area contributed by atoms with Crippen molar-refractivity contribution in [1.82, 2.24) is 14.7 Å². The molecule has 1 N–H and O–H groups in total. The van der Waals surface area contributed by atoms with Crippen LogP contribution in [0.4, 0.5) is 0 Å². The third-order valence-electron chi connectivity index (χ3n) is 5.63. The van der Waals surface area contributed by atoms with E-state index in [2.05, 4.69) is 22.1 Å². The van der Waals surface area contributed by atoms with Crippen molar-refractivity contribution in [2.24, 2.45) is 0 Å². The van der Waals surface area contributed by atoms with E-state index in [1.165, 1.54) is 5.56 Å². The number of hydrogen-bond donors (Lipinski definition) is 1. The maximum absolute atomic E-state index is 11.2. The van der Waals surface area contributed by atoms with Crippen molar-refractivity contribution in [1.29, 1.82) is 0 Å². The smallest absolute Gasteiger partial charge is 0.134 e. The standard InChI is InChI=1S/C26H33N3O4/c1-21-6-8-24(9-7-21)33-20-26(30)18-28(10-12-31-19-26)17-23-4-3-5-25(14-23)32-13-11-29-16-22(2)15-27-29/h3-9,14-16,30H,10-13,17-20H2,1-2H3/t26-/m0/s1. The van der Waals surface area contributed by atoms with Crippen molar-refractivity contribution in [3.63, 3.8) is 0 Å². The molecular weight excluding hydrogens is 418 g/mol. The number of aromatic nitrogens is 2. The van der Waals surface area contributed by atoms with Crippen LogP contribution in [-0.4, -0.2) is 64.9 Å². The largest absolute Gasteiger partial charge is 0.492 e. The van der Waals surface area contributed by atoms with Crippen LogP contribution in [0.3, 0.4) is 0 Å². The maximum Gasteiger partial charge on any atom is 0.134 e. The zero-order valence-corrected chi connectivity index (χ0v) is 19.4. The first-order valence-electron chi connectivity index (χ1n) is 11.4. The van der Waals surface area contributed by atoms with Gasteiger partial charge in [-0.15, -0.1) is 0 Å². The quantitative estimate of drug-likeness (QED) is 0.539. The number of aryl methyl sites for hydroxylation is 2. The Hall–Kier alpha value is -2.87. The SMILES string of the molecule is Cc1ccc(OC[C@@]2(O)COCCN(Cc3cccc(OCCn4cc(C)cn4)c3)C2)cc1. The Labute approximate surface area is 195 Å². The summed E-state index contributed by atoms with van der Waals surface area (Å²) >= 11 is 0. The Morgan fingerprint density at radius 3 is 2.70 bits per heavy atom. The Kier molecular flexibility index (Phi) is 7.65. The molecule has 7 heteroatoms. The molecule has 3 aromatic rings. The fourth-order valence-electron chi connectivity index (χ4n) is 3.91. The third kappa shape index (κ3) is 7.05. The summed E-state index contributed by atoms with van der Waals surface area (Å²) in [5.74, 6) is 1.58. The van der Waals surface area contributed by atoms with Gasteiger partial charge >= 0.3 is 0 Å². The molecule has 0 unspecified atom stereocenters. The second-order valence-corrected chi connectivity index (χ2v) is 8.87. The number of rotatable bonds is 9. The van der Waals surface area contributed by atoms with Gasteiger partial charge in [0.25, 0.3) is 0 Å². The van der Waals surface area contributed by atoms with Gasteiger partial charge in [-0.1, -0.05) is 29.8 Å². The third-order valence-corrected chi connectivity index (χ3v) is 5.63. The second-order valence-electron chi connectivity index (χ2n) is 8.87. The fourth-order valence-corrected chi connectivity index (χ4v) is 3.91. The lowest BCUT2D eigenvalue weighted by molar-refractivity contribution is -0.0646. The van der Waals surface area contributed by atoms with Crippen molar-refractivity contribution in [2.45, 2.75) is 32.5 Å². The van der Waals surface area contributed by atoms with E-state index >= 15 is 0 Å². The van der Waals surface area contributed by atoms with Gasteiger partial charge in [0, 0.05) is 25.8 Å². The summed E-state index contributed by atoms with van der Waals surface area (Å²) < 4.78 is 19.4. The van der Waals surface area contributed by atoms with E-state index in [9.17, 15) is 5.11 Å². The Morgan fingerprint density at radius 2 is 1.91 bits per heavy atom. The topological polar surface area (TPSA) is 69.0 Å². The van der Waals surface area contributed by atoms with Crippen molar-refractivity contribution >= 4 is 0 Å². The van der Waals surface area contributed by atoms with Crippen molar-refractivity contribution in [2.75, 3.05) is 39.5 Å². The molecule has 33 heavy (non-hydrogen) atoms. The molecule has 0 amide bonds. The van der Waals surface area contributed by atoms with Crippen LogP contribution in [0.5, 0.6) is 11.5 Å². The highest BCUT2D eigenvalue weighted by Gasteiger charge is 2.33. The van der Waals surface area contributed by atoms with E-state index in [1.807, 2.05) is 67.3 Å². The second kappa shape index (κ2) is 10.8. The molecule has 176 valence electrons. The van der Waals surface area contributed by atoms with Gasteiger partial charge in [0.1, 0.15) is 30.3 Å². The highest BCUT2D eigenvalue weighted by atomic mass is 16.5. The highest BCUT2D eigenvalue weighted by molar-refractivity contribution is 5.29. The molecule has 2 aromatic carbocycles. The molecule has 1 aliphatic heterocycles. The van der Waals surface area contributed by atoms with E-state index in [-0.39, 0.29) is 13.2 Å². The van der Waals surface area contributed by atoms with Gasteiger partial charge in [-0.05, 0) is 49.2 Å². The van der Waals surface area contributed by atoms with Crippen molar-refractivity contribution < 1.29 is 19.3 Å². The van der Waals surface area contributed by atoms with Crippen LogP contribution in [0.1, 0.15) is 16.7 Å². The zero-order valence-electron chi connectivity index (χ0n) is 19.4. The van der Waals surface area contributed by atoms with E-state index in [1.54, 1.807) is 0 Å². The Morgan fingerprint density at radius 1 is 1.06 bits per heavy atom. The predicted octanol–water partition coefficient (Wildman–Crippen LogP) is 3.22. The van der Waals surface area contributed by atoms with E-state index in [0.717, 1.165) is 29.2 Å². The zero-order chi connectivity index (χ0) is 23.1. The highest BCUT2D eigenvalue weighted by Crippen LogP contribution is 2.20. The average molecular weight is 452 g/mol. The van der Waals surface area contributed by atoms with E-state index in [4.69, 9.17) is 14.2 Å². The van der Waals surface area contributed by atoms with Crippen LogP contribution in [0, 0.1) is 13.8 Å². The first-order valence-corrected chi connectivity index (χ1v) is 11.4. The lowest BCUT2D eigenvalue weighted by atomic mass is 10.1. The van der Waals surface area contributed by atoms with Gasteiger partial charge in [-0.2, -0.15) is 5.10 Å². The molecule has 1 aromatic heterocycles. The predicted molar refractivity (Wildman–Crippen MR) is 127 cm³/mol. The molecule has 2 heterocycles. The van der Waals surface area contributed by atoms with E-state index in [0.29, 0.717) is 32.8 Å². The average Bonchev–Trinajstić information content (AvgIpc) is 3.12. The molecule has 0 aliphatic carbocycles. The van der Waals surface area contributed by atoms with Gasteiger partial charge in [0.2, 0.25) is 0 Å². The normalized spacial score (nSPS) is 19.2. The monoisotopic (exact) mass is 451 g/mol. The van der Waals surface area contributed by atoms with Crippen molar-refractivity contribution in [3.05, 3.63) is 77.6 Å². The molecule has 0 spiro atoms. The van der Waals surface area contributed by atoms with Gasteiger partial charge in [0.05, 0.1) is 26.0 Å². The summed E-state index contributed by atoms with van der Waals surface area (Å²) in [6.45, 7) is 8.26. The summed E-state index contributed by atoms with van der Waals surface area (Å²) in [5.41, 5.74) is 2.37. The van der Waals surface area contributed by atoms with Crippen LogP contribution >= 0.6 is 0 Å². The maximum atomic E-state index is 11.2. The summed E-state index contributed by atoms with van der Waals surface area (Å²) in [6, 6.07) is 16.0. The van der Waals surface area contributed by atoms with Crippen LogP contribution < -0.4 is 9.47 Å². The Balaban J connectivity index is 1.31. The lowest BCUT2D eigenvalue weighted by Crippen LogP contribution is -2.48. The van der Waals surface area contributed by atoms with E-state index < -0.39 is 5.60 Å². The minimum absolute atomic E-state index is 0.183. The van der Waals surface area contributed by atoms with Crippen LogP contribution in [0.25, 0.3) is 0 Å². The molecule has 1 aliphatic rings. The van der Waals surface area contributed by atoms with Crippen molar-refractivity contribution in [3.8, 4) is 11.5 Å². The number of hydrogen-bond acceptors (Lipinski definition) is 6. The minimum atomic E-state index is -1.07. The summed E-state index contributed by atoms with van der Waals surface area (Å²) in [4.78, 5) is 2.21. The van der Waals surface area contributed by atoms with Gasteiger partial charge in [-0.25, -0.2) is 0 Å². The summed E-state index contributed by atoms with van der Waals surface area (Å²) in [6.07, 6.45) is 3.85. The minimum Gasteiger partial charge on any atom is -0.492 e. The molecule has 1 saturated heterocycles. The molecule has 1 atom stereocenters. The summed E-state index contributed by atoms with van der Waals surface area (Å²) in [5, 5.41) is 15.5. The van der Waals surface area contributed by atoms with Gasteiger partial charge in [-0.3, -0.25) is 9.58 Å². The fraction of sp³-hybridized carbons (Fsp3) is 0.423. The molecule has 0 radical (unpaired) electrons. The number of nitrogens with zero attached hydrogens (tertiary/aromatic N) is 3. The number of ether oxygens (including phenoxy) is 3. The number of β-amino-alcohol motifs (C(OH)–C–C–N with tert-alkyl or cyclic N) is 1. The molecule has 0 saturated carbocycles. The number of aliphatic hydroxyl groups is 1. The summed E-state index contributed by atoms with van der Waals surface area (Å²) in [7, 11) is 0. The molecule has 4 rings (SSSR count). The molecule has 0 bridgehead atoms. The molecular formula is C26H33N3O4. The van der Waals surface area contributed by atoms with Crippen LogP contribution in [-0.2, 0) is 17.8 Å². The first kappa shape index (κ1) is 23.3. The molecule has 1 fully saturated rings. The van der Waals surface area contributed by atoms with Crippen LogP contribution in [0.15, 0.2) is 60.9 Å². The lowest BCUT2D eigenvalue weighted by Gasteiger charge is -2.30.